The lowest BCUT2D eigenvalue weighted by atomic mass is 10.2. The Morgan fingerprint density at radius 2 is 1.78 bits per heavy atom. The summed E-state index contributed by atoms with van der Waals surface area (Å²) in [6, 6.07) is 13.1. The third-order valence-corrected chi connectivity index (χ3v) is 4.67. The zero-order chi connectivity index (χ0) is 19.4. The van der Waals surface area contributed by atoms with Gasteiger partial charge < -0.3 is 10.1 Å². The molecular weight excluding hydrogens is 367 g/mol. The summed E-state index contributed by atoms with van der Waals surface area (Å²) in [5, 5.41) is 4.81. The number of hydrogen-bond acceptors (Lipinski definition) is 5. The van der Waals surface area contributed by atoms with Crippen molar-refractivity contribution in [3.8, 4) is 10.6 Å². The molecule has 7 heteroatoms. The van der Waals surface area contributed by atoms with E-state index in [0.29, 0.717) is 16.3 Å². The SMILES string of the molecule is Cc1ccc(NC(=O)[C@H](C)OC(=O)c2csc(-c3ccc(F)cc3)n2)cc1. The highest BCUT2D eigenvalue weighted by Crippen LogP contribution is 2.24. The molecule has 0 spiro atoms. The van der Waals surface area contributed by atoms with Crippen LogP contribution in [0, 0.1) is 12.7 Å². The lowest BCUT2D eigenvalue weighted by Crippen LogP contribution is -2.30. The molecule has 1 heterocycles. The minimum Gasteiger partial charge on any atom is -0.448 e. The fourth-order valence-electron chi connectivity index (χ4n) is 2.25. The number of halogens is 1. The summed E-state index contributed by atoms with van der Waals surface area (Å²) in [4.78, 5) is 28.6. The highest BCUT2D eigenvalue weighted by atomic mass is 32.1. The second kappa shape index (κ2) is 8.09. The van der Waals surface area contributed by atoms with E-state index in [-0.39, 0.29) is 11.5 Å². The Morgan fingerprint density at radius 1 is 1.11 bits per heavy atom. The summed E-state index contributed by atoms with van der Waals surface area (Å²) < 4.78 is 18.2. The van der Waals surface area contributed by atoms with Crippen LogP contribution in [0.1, 0.15) is 23.0 Å². The zero-order valence-corrected chi connectivity index (χ0v) is 15.5. The predicted molar refractivity (Wildman–Crippen MR) is 102 cm³/mol. The standard InChI is InChI=1S/C20H17FN2O3S/c1-12-3-9-16(10-4-12)22-18(24)13(2)26-20(25)17-11-27-19(23-17)14-5-7-15(21)8-6-14/h3-11,13H,1-2H3,(H,22,24)/t13-/m0/s1. The molecule has 5 nitrogen and oxygen atoms in total. The van der Waals surface area contributed by atoms with Crippen molar-refractivity contribution in [1.82, 2.24) is 4.98 Å². The average Bonchev–Trinajstić information content (AvgIpc) is 3.14. The van der Waals surface area contributed by atoms with E-state index in [1.54, 1.807) is 29.6 Å². The van der Waals surface area contributed by atoms with E-state index in [1.165, 1.54) is 30.4 Å². The van der Waals surface area contributed by atoms with Gasteiger partial charge >= 0.3 is 5.97 Å². The summed E-state index contributed by atoms with van der Waals surface area (Å²) in [6.45, 7) is 3.44. The number of ether oxygens (including phenoxy) is 1. The molecule has 0 radical (unpaired) electrons. The van der Waals surface area contributed by atoms with Crippen molar-refractivity contribution in [1.29, 1.82) is 0 Å². The van der Waals surface area contributed by atoms with Gasteiger partial charge in [-0.05, 0) is 50.2 Å². The number of rotatable bonds is 5. The number of hydrogen-bond donors (Lipinski definition) is 1. The van der Waals surface area contributed by atoms with Crippen molar-refractivity contribution in [2.75, 3.05) is 5.32 Å². The number of carbonyl (C=O) groups excluding carboxylic acids is 2. The molecule has 27 heavy (non-hydrogen) atoms. The summed E-state index contributed by atoms with van der Waals surface area (Å²) in [6.07, 6.45) is -0.977. The largest absolute Gasteiger partial charge is 0.448 e. The summed E-state index contributed by atoms with van der Waals surface area (Å²) in [5.74, 6) is -1.46. The number of amides is 1. The smallest absolute Gasteiger partial charge is 0.358 e. The monoisotopic (exact) mass is 384 g/mol. The first kappa shape index (κ1) is 18.7. The van der Waals surface area contributed by atoms with Crippen LogP contribution in [0.2, 0.25) is 0 Å². The van der Waals surface area contributed by atoms with Crippen LogP contribution in [-0.4, -0.2) is 23.0 Å². The predicted octanol–water partition coefficient (Wildman–Crippen LogP) is 4.44. The van der Waals surface area contributed by atoms with Gasteiger partial charge in [-0.2, -0.15) is 0 Å². The minimum atomic E-state index is -0.977. The number of esters is 1. The number of anilines is 1. The van der Waals surface area contributed by atoms with E-state index in [1.807, 2.05) is 19.1 Å². The Bertz CT molecular complexity index is 952. The quantitative estimate of drug-likeness (QED) is 0.660. The van der Waals surface area contributed by atoms with Gasteiger partial charge in [-0.1, -0.05) is 17.7 Å². The zero-order valence-electron chi connectivity index (χ0n) is 14.7. The van der Waals surface area contributed by atoms with E-state index in [0.717, 1.165) is 5.56 Å². The molecule has 0 saturated heterocycles. The molecule has 1 N–H and O–H groups in total. The highest BCUT2D eigenvalue weighted by Gasteiger charge is 2.21. The van der Waals surface area contributed by atoms with Gasteiger partial charge in [-0.15, -0.1) is 11.3 Å². The Balaban J connectivity index is 1.61. The van der Waals surface area contributed by atoms with Gasteiger partial charge in [0.1, 0.15) is 10.8 Å². The highest BCUT2D eigenvalue weighted by molar-refractivity contribution is 7.13. The first-order chi connectivity index (χ1) is 12.9. The number of aryl methyl sites for hydroxylation is 1. The molecule has 138 valence electrons. The molecule has 1 aromatic heterocycles. The van der Waals surface area contributed by atoms with Crippen molar-refractivity contribution in [3.05, 3.63) is 71.0 Å². The van der Waals surface area contributed by atoms with Crippen LogP contribution in [0.4, 0.5) is 10.1 Å². The van der Waals surface area contributed by atoms with Gasteiger partial charge in [0, 0.05) is 16.6 Å². The molecule has 0 bridgehead atoms. The van der Waals surface area contributed by atoms with Gasteiger partial charge in [0.15, 0.2) is 11.8 Å². The number of nitrogens with zero attached hydrogens (tertiary/aromatic N) is 1. The molecule has 1 atom stereocenters. The fourth-order valence-corrected chi connectivity index (χ4v) is 3.04. The molecule has 3 rings (SSSR count). The van der Waals surface area contributed by atoms with Crippen LogP contribution in [0.25, 0.3) is 10.6 Å². The number of thiazole rings is 1. The van der Waals surface area contributed by atoms with Gasteiger partial charge in [-0.25, -0.2) is 14.2 Å². The lowest BCUT2D eigenvalue weighted by molar-refractivity contribution is -0.123. The molecule has 0 fully saturated rings. The topological polar surface area (TPSA) is 68.3 Å². The van der Waals surface area contributed by atoms with Crippen LogP contribution >= 0.6 is 11.3 Å². The molecule has 0 saturated carbocycles. The molecule has 2 aromatic carbocycles. The summed E-state index contributed by atoms with van der Waals surface area (Å²) in [5.41, 5.74) is 2.51. The molecule has 0 aliphatic carbocycles. The summed E-state index contributed by atoms with van der Waals surface area (Å²) in [7, 11) is 0. The van der Waals surface area contributed by atoms with Gasteiger partial charge in [0.2, 0.25) is 0 Å². The average molecular weight is 384 g/mol. The van der Waals surface area contributed by atoms with Crippen LogP contribution in [-0.2, 0) is 9.53 Å². The maximum absolute atomic E-state index is 13.0. The second-order valence-corrected chi connectivity index (χ2v) is 6.81. The number of carbonyl (C=O) groups is 2. The van der Waals surface area contributed by atoms with E-state index in [4.69, 9.17) is 4.74 Å². The van der Waals surface area contributed by atoms with Crippen LogP contribution < -0.4 is 5.32 Å². The van der Waals surface area contributed by atoms with Crippen molar-refractivity contribution in [3.63, 3.8) is 0 Å². The molecule has 0 unspecified atom stereocenters. The minimum absolute atomic E-state index is 0.106. The third-order valence-electron chi connectivity index (χ3n) is 3.78. The number of nitrogens with one attached hydrogen (secondary N) is 1. The van der Waals surface area contributed by atoms with Crippen molar-refractivity contribution in [2.45, 2.75) is 20.0 Å². The third kappa shape index (κ3) is 4.77. The molecule has 0 aliphatic heterocycles. The van der Waals surface area contributed by atoms with Crippen molar-refractivity contribution >= 4 is 28.9 Å². The Morgan fingerprint density at radius 3 is 2.44 bits per heavy atom. The molecule has 0 aliphatic rings. The molecular formula is C20H17FN2O3S. The normalized spacial score (nSPS) is 11.7. The van der Waals surface area contributed by atoms with Crippen LogP contribution in [0.3, 0.4) is 0 Å². The van der Waals surface area contributed by atoms with E-state index < -0.39 is 18.0 Å². The van der Waals surface area contributed by atoms with Crippen molar-refractivity contribution in [2.24, 2.45) is 0 Å². The van der Waals surface area contributed by atoms with Gasteiger partial charge in [0.05, 0.1) is 0 Å². The second-order valence-electron chi connectivity index (χ2n) is 5.95. The number of benzene rings is 2. The van der Waals surface area contributed by atoms with Gasteiger partial charge in [0.25, 0.3) is 5.91 Å². The first-order valence-corrected chi connectivity index (χ1v) is 9.10. The maximum atomic E-state index is 13.0. The van der Waals surface area contributed by atoms with Crippen molar-refractivity contribution < 1.29 is 18.7 Å². The Hall–Kier alpha value is -3.06. The lowest BCUT2D eigenvalue weighted by Gasteiger charge is -2.12. The Labute approximate surface area is 159 Å². The van der Waals surface area contributed by atoms with E-state index >= 15 is 0 Å². The van der Waals surface area contributed by atoms with E-state index in [9.17, 15) is 14.0 Å². The van der Waals surface area contributed by atoms with Crippen LogP contribution in [0.5, 0.6) is 0 Å². The first-order valence-electron chi connectivity index (χ1n) is 8.22. The molecule has 3 aromatic rings. The maximum Gasteiger partial charge on any atom is 0.358 e. The molecule has 1 amide bonds. The van der Waals surface area contributed by atoms with E-state index in [2.05, 4.69) is 10.3 Å². The summed E-state index contributed by atoms with van der Waals surface area (Å²) >= 11 is 1.24. The number of aromatic nitrogens is 1. The van der Waals surface area contributed by atoms with Crippen LogP contribution in [0.15, 0.2) is 53.9 Å². The Kier molecular flexibility index (Phi) is 5.61. The van der Waals surface area contributed by atoms with Gasteiger partial charge in [-0.3, -0.25) is 4.79 Å². The fraction of sp³-hybridized carbons (Fsp3) is 0.150.